The first-order chi connectivity index (χ1) is 8.63. The molecule has 0 aromatic carbocycles. The van der Waals surface area contributed by atoms with E-state index in [9.17, 15) is 9.90 Å². The summed E-state index contributed by atoms with van der Waals surface area (Å²) in [6.45, 7) is 2.47. The summed E-state index contributed by atoms with van der Waals surface area (Å²) in [6, 6.07) is 0. The predicted octanol–water partition coefficient (Wildman–Crippen LogP) is 0.866. The van der Waals surface area contributed by atoms with Gasteiger partial charge in [-0.2, -0.15) is 15.4 Å². The molecule has 1 heterocycles. The van der Waals surface area contributed by atoms with E-state index in [1.165, 1.54) is 12.6 Å². The topological polar surface area (TPSA) is 90.9 Å². The molecule has 2 rings (SSSR count). The average molecular weight is 252 g/mol. The molecule has 0 aliphatic heterocycles. The van der Waals surface area contributed by atoms with Gasteiger partial charge in [0.25, 0.3) is 5.91 Å². The van der Waals surface area contributed by atoms with Gasteiger partial charge in [-0.05, 0) is 31.6 Å². The molecule has 1 aliphatic carbocycles. The Labute approximate surface area is 106 Å². The molecule has 1 saturated carbocycles. The van der Waals surface area contributed by atoms with E-state index in [1.807, 2.05) is 0 Å². The fraction of sp³-hybridized carbons (Fsp3) is 0.750. The van der Waals surface area contributed by atoms with Crippen molar-refractivity contribution in [2.24, 2.45) is 5.92 Å². The van der Waals surface area contributed by atoms with Crippen molar-refractivity contribution < 1.29 is 9.90 Å². The molecule has 1 aliphatic rings. The van der Waals surface area contributed by atoms with Gasteiger partial charge < -0.3 is 10.4 Å². The number of aromatic nitrogens is 3. The smallest absolute Gasteiger partial charge is 0.273 e. The summed E-state index contributed by atoms with van der Waals surface area (Å²) < 4.78 is 0. The normalized spacial score (nSPS) is 28.0. The highest BCUT2D eigenvalue weighted by molar-refractivity contribution is 5.91. The van der Waals surface area contributed by atoms with E-state index in [0.717, 1.165) is 31.6 Å². The van der Waals surface area contributed by atoms with Gasteiger partial charge in [0.05, 0.1) is 11.8 Å². The Balaban J connectivity index is 1.81. The van der Waals surface area contributed by atoms with Crippen LogP contribution < -0.4 is 5.32 Å². The Morgan fingerprint density at radius 2 is 2.33 bits per heavy atom. The van der Waals surface area contributed by atoms with Gasteiger partial charge >= 0.3 is 0 Å². The van der Waals surface area contributed by atoms with Crippen molar-refractivity contribution in [3.63, 3.8) is 0 Å². The van der Waals surface area contributed by atoms with Crippen molar-refractivity contribution >= 4 is 5.91 Å². The van der Waals surface area contributed by atoms with E-state index >= 15 is 0 Å². The third kappa shape index (κ3) is 3.07. The number of nitrogens with zero attached hydrogens (tertiary/aromatic N) is 2. The van der Waals surface area contributed by atoms with Gasteiger partial charge in [-0.3, -0.25) is 4.79 Å². The number of aromatic amines is 1. The van der Waals surface area contributed by atoms with Gasteiger partial charge in [0, 0.05) is 6.54 Å². The molecule has 1 aromatic heterocycles. The highest BCUT2D eigenvalue weighted by atomic mass is 16.3. The van der Waals surface area contributed by atoms with Gasteiger partial charge in [0.15, 0.2) is 5.69 Å². The van der Waals surface area contributed by atoms with E-state index in [-0.39, 0.29) is 18.1 Å². The Hall–Kier alpha value is -1.43. The van der Waals surface area contributed by atoms with E-state index in [1.54, 1.807) is 0 Å². The lowest BCUT2D eigenvalue weighted by Crippen LogP contribution is -2.45. The monoisotopic (exact) mass is 252 g/mol. The molecule has 0 unspecified atom stereocenters. The maximum atomic E-state index is 11.7. The molecule has 0 atom stereocenters. The molecule has 6 nitrogen and oxygen atoms in total. The third-order valence-corrected chi connectivity index (χ3v) is 3.84. The van der Waals surface area contributed by atoms with E-state index < -0.39 is 5.60 Å². The molecule has 1 amide bonds. The van der Waals surface area contributed by atoms with Crippen LogP contribution in [0.1, 0.15) is 49.5 Å². The standard InChI is InChI=1S/C12H20N4O2/c1-2-9-3-5-12(18,6-4-9)8-13-11(17)10-7-14-16-15-10/h7,9,18H,2-6,8H2,1H3,(H,13,17)(H,14,15,16). The van der Waals surface area contributed by atoms with Crippen molar-refractivity contribution in [1.29, 1.82) is 0 Å². The van der Waals surface area contributed by atoms with Gasteiger partial charge in [-0.15, -0.1) is 0 Å². The van der Waals surface area contributed by atoms with Crippen molar-refractivity contribution in [3.05, 3.63) is 11.9 Å². The molecular weight excluding hydrogens is 232 g/mol. The Kier molecular flexibility index (Phi) is 3.96. The summed E-state index contributed by atoms with van der Waals surface area (Å²) in [6.07, 6.45) is 6.11. The number of aliphatic hydroxyl groups is 1. The zero-order valence-corrected chi connectivity index (χ0v) is 10.6. The number of hydrogen-bond acceptors (Lipinski definition) is 4. The van der Waals surface area contributed by atoms with Crippen molar-refractivity contribution in [2.75, 3.05) is 6.54 Å². The number of H-pyrrole nitrogens is 1. The second-order valence-corrected chi connectivity index (χ2v) is 5.11. The second-order valence-electron chi connectivity index (χ2n) is 5.11. The molecule has 18 heavy (non-hydrogen) atoms. The van der Waals surface area contributed by atoms with Crippen LogP contribution >= 0.6 is 0 Å². The first-order valence-electron chi connectivity index (χ1n) is 6.49. The van der Waals surface area contributed by atoms with E-state index in [4.69, 9.17) is 0 Å². The van der Waals surface area contributed by atoms with Crippen LogP contribution in [0.4, 0.5) is 0 Å². The molecule has 6 heteroatoms. The van der Waals surface area contributed by atoms with Crippen molar-refractivity contribution in [2.45, 2.75) is 44.6 Å². The van der Waals surface area contributed by atoms with Crippen LogP contribution in [0.25, 0.3) is 0 Å². The van der Waals surface area contributed by atoms with E-state index in [2.05, 4.69) is 27.7 Å². The maximum Gasteiger partial charge on any atom is 0.273 e. The summed E-state index contributed by atoms with van der Waals surface area (Å²) in [5.74, 6) is 0.423. The van der Waals surface area contributed by atoms with Crippen LogP contribution in [-0.4, -0.2) is 38.6 Å². The lowest BCUT2D eigenvalue weighted by atomic mass is 9.78. The van der Waals surface area contributed by atoms with E-state index in [0.29, 0.717) is 0 Å². The van der Waals surface area contributed by atoms with Crippen LogP contribution in [0.3, 0.4) is 0 Å². The zero-order chi connectivity index (χ0) is 13.0. The molecule has 0 spiro atoms. The summed E-state index contributed by atoms with van der Waals surface area (Å²) in [4.78, 5) is 11.7. The molecule has 0 bridgehead atoms. The van der Waals surface area contributed by atoms with Gasteiger partial charge in [-0.25, -0.2) is 0 Å². The first kappa shape index (κ1) is 13.0. The minimum atomic E-state index is -0.759. The molecule has 0 saturated heterocycles. The fourth-order valence-electron chi connectivity index (χ4n) is 2.45. The van der Waals surface area contributed by atoms with Crippen molar-refractivity contribution in [1.82, 2.24) is 20.7 Å². The third-order valence-electron chi connectivity index (χ3n) is 3.84. The Bertz CT molecular complexity index is 383. The van der Waals surface area contributed by atoms with Crippen LogP contribution in [-0.2, 0) is 0 Å². The van der Waals surface area contributed by atoms with Crippen LogP contribution in [0.5, 0.6) is 0 Å². The maximum absolute atomic E-state index is 11.7. The summed E-state index contributed by atoms with van der Waals surface area (Å²) in [7, 11) is 0. The Morgan fingerprint density at radius 1 is 1.61 bits per heavy atom. The minimum Gasteiger partial charge on any atom is -0.388 e. The number of carbonyl (C=O) groups excluding carboxylic acids is 1. The average Bonchev–Trinajstić information content (AvgIpc) is 2.91. The highest BCUT2D eigenvalue weighted by Crippen LogP contribution is 2.33. The number of rotatable bonds is 4. The minimum absolute atomic E-state index is 0.251. The molecule has 0 radical (unpaired) electrons. The molecule has 3 N–H and O–H groups in total. The SMILES string of the molecule is CCC1CCC(O)(CNC(=O)c2cn[nH]n2)CC1. The molecular formula is C12H20N4O2. The summed E-state index contributed by atoms with van der Waals surface area (Å²) >= 11 is 0. The largest absolute Gasteiger partial charge is 0.388 e. The highest BCUT2D eigenvalue weighted by Gasteiger charge is 2.33. The molecule has 1 aromatic rings. The van der Waals surface area contributed by atoms with Crippen LogP contribution in [0.2, 0.25) is 0 Å². The molecule has 1 fully saturated rings. The number of nitrogens with one attached hydrogen (secondary N) is 2. The summed E-state index contributed by atoms with van der Waals surface area (Å²) in [5.41, 5.74) is -0.508. The van der Waals surface area contributed by atoms with Gasteiger partial charge in [0.1, 0.15) is 0 Å². The lowest BCUT2D eigenvalue weighted by Gasteiger charge is -2.35. The fourth-order valence-corrected chi connectivity index (χ4v) is 2.45. The number of hydrogen-bond donors (Lipinski definition) is 3. The van der Waals surface area contributed by atoms with Gasteiger partial charge in [0.2, 0.25) is 0 Å². The Morgan fingerprint density at radius 3 is 2.89 bits per heavy atom. The number of amides is 1. The lowest BCUT2D eigenvalue weighted by molar-refractivity contribution is -0.00790. The first-order valence-corrected chi connectivity index (χ1v) is 6.49. The molecule has 100 valence electrons. The zero-order valence-electron chi connectivity index (χ0n) is 10.6. The predicted molar refractivity (Wildman–Crippen MR) is 65.9 cm³/mol. The second kappa shape index (κ2) is 5.48. The van der Waals surface area contributed by atoms with Crippen molar-refractivity contribution in [3.8, 4) is 0 Å². The summed E-state index contributed by atoms with van der Waals surface area (Å²) in [5, 5.41) is 22.8. The quantitative estimate of drug-likeness (QED) is 0.741. The van der Waals surface area contributed by atoms with Crippen LogP contribution in [0.15, 0.2) is 6.20 Å². The van der Waals surface area contributed by atoms with Gasteiger partial charge in [-0.1, -0.05) is 13.3 Å². The number of carbonyl (C=O) groups is 1. The van der Waals surface area contributed by atoms with Crippen LogP contribution in [0, 0.1) is 5.92 Å².